The van der Waals surface area contributed by atoms with E-state index in [0.29, 0.717) is 12.1 Å². The zero-order valence-corrected chi connectivity index (χ0v) is 14.1. The normalized spacial score (nSPS) is 15.1. The number of carbonyl (C=O) groups is 1. The lowest BCUT2D eigenvalue weighted by Crippen LogP contribution is -2.33. The number of aryl methyl sites for hydroxylation is 1. The number of nitrogens with zero attached hydrogens (tertiary/aromatic N) is 2. The van der Waals surface area contributed by atoms with Crippen molar-refractivity contribution in [1.29, 1.82) is 0 Å². The van der Waals surface area contributed by atoms with E-state index in [2.05, 4.69) is 0 Å². The van der Waals surface area contributed by atoms with Crippen molar-refractivity contribution in [2.24, 2.45) is 7.05 Å². The lowest BCUT2D eigenvalue weighted by atomic mass is 10.2. The Morgan fingerprint density at radius 1 is 1.26 bits per heavy atom. The van der Waals surface area contributed by atoms with E-state index in [9.17, 15) is 13.2 Å². The highest BCUT2D eigenvalue weighted by molar-refractivity contribution is 7.89. The van der Waals surface area contributed by atoms with Gasteiger partial charge in [-0.05, 0) is 44.0 Å². The fourth-order valence-corrected chi connectivity index (χ4v) is 4.31. The minimum Gasteiger partial charge on any atom is -0.353 e. The number of ketones is 1. The van der Waals surface area contributed by atoms with Crippen LogP contribution in [0.15, 0.2) is 47.5 Å². The largest absolute Gasteiger partial charge is 0.353 e. The van der Waals surface area contributed by atoms with E-state index < -0.39 is 10.0 Å². The Morgan fingerprint density at radius 3 is 2.57 bits per heavy atom. The van der Waals surface area contributed by atoms with Crippen LogP contribution in [0.2, 0.25) is 0 Å². The van der Waals surface area contributed by atoms with Crippen LogP contribution >= 0.6 is 0 Å². The van der Waals surface area contributed by atoms with Gasteiger partial charge in [0.05, 0.1) is 11.4 Å². The smallest absolute Gasteiger partial charge is 0.243 e. The Hall–Kier alpha value is -1.92. The highest BCUT2D eigenvalue weighted by Gasteiger charge is 2.38. The molecule has 0 aliphatic heterocycles. The van der Waals surface area contributed by atoms with E-state index in [0.717, 1.165) is 18.5 Å². The number of aromatic nitrogens is 1. The van der Waals surface area contributed by atoms with Crippen molar-refractivity contribution in [3.63, 3.8) is 0 Å². The van der Waals surface area contributed by atoms with Gasteiger partial charge in [0.2, 0.25) is 10.0 Å². The molecular formula is C17H20N2O3S. The van der Waals surface area contributed by atoms with Crippen LogP contribution < -0.4 is 0 Å². The minimum absolute atomic E-state index is 0.0517. The van der Waals surface area contributed by atoms with Crippen LogP contribution in [-0.4, -0.2) is 29.1 Å². The molecule has 0 atom stereocenters. The van der Waals surface area contributed by atoms with Crippen molar-refractivity contribution in [2.45, 2.75) is 37.2 Å². The number of hydrogen-bond donors (Lipinski definition) is 0. The molecule has 0 saturated heterocycles. The summed E-state index contributed by atoms with van der Waals surface area (Å²) >= 11 is 0. The highest BCUT2D eigenvalue weighted by Crippen LogP contribution is 2.33. The van der Waals surface area contributed by atoms with Crippen LogP contribution in [0.1, 0.15) is 35.8 Å². The standard InChI is InChI=1S/C17H20N2O3S/c1-13(20)14-5-3-7-17(11-14)23(21,22)19(15-8-9-15)12-16-6-4-10-18(16)2/h3-7,10-11,15H,8-9,12H2,1-2H3. The molecule has 1 aromatic carbocycles. The highest BCUT2D eigenvalue weighted by atomic mass is 32.2. The molecule has 1 heterocycles. The van der Waals surface area contributed by atoms with Gasteiger partial charge in [0, 0.05) is 30.5 Å². The average molecular weight is 332 g/mol. The van der Waals surface area contributed by atoms with Gasteiger partial charge in [0.25, 0.3) is 0 Å². The maximum Gasteiger partial charge on any atom is 0.243 e. The van der Waals surface area contributed by atoms with Gasteiger partial charge in [-0.25, -0.2) is 8.42 Å². The number of hydrogen-bond acceptors (Lipinski definition) is 3. The maximum absolute atomic E-state index is 13.0. The molecule has 2 aromatic rings. The second-order valence-electron chi connectivity index (χ2n) is 5.98. The Labute approximate surface area is 136 Å². The van der Waals surface area contributed by atoms with E-state index >= 15 is 0 Å². The van der Waals surface area contributed by atoms with E-state index in [1.165, 1.54) is 13.0 Å². The summed E-state index contributed by atoms with van der Waals surface area (Å²) < 4.78 is 29.5. The van der Waals surface area contributed by atoms with Crippen molar-refractivity contribution >= 4 is 15.8 Å². The van der Waals surface area contributed by atoms with Crippen molar-refractivity contribution in [3.05, 3.63) is 53.9 Å². The van der Waals surface area contributed by atoms with Gasteiger partial charge in [-0.15, -0.1) is 0 Å². The molecular weight excluding hydrogens is 312 g/mol. The van der Waals surface area contributed by atoms with Gasteiger partial charge in [0.1, 0.15) is 0 Å². The lowest BCUT2D eigenvalue weighted by Gasteiger charge is -2.22. The SMILES string of the molecule is CC(=O)c1cccc(S(=O)(=O)N(Cc2cccn2C)C2CC2)c1. The number of Topliss-reactive ketones (excluding diaryl/α,β-unsaturated/α-hetero) is 1. The summed E-state index contributed by atoms with van der Waals surface area (Å²) in [6.45, 7) is 1.79. The van der Waals surface area contributed by atoms with Crippen LogP contribution in [-0.2, 0) is 23.6 Å². The summed E-state index contributed by atoms with van der Waals surface area (Å²) in [7, 11) is -1.71. The van der Waals surface area contributed by atoms with Crippen LogP contribution in [0, 0.1) is 0 Å². The molecule has 5 nitrogen and oxygen atoms in total. The minimum atomic E-state index is -3.62. The maximum atomic E-state index is 13.0. The first-order valence-corrected chi connectivity index (χ1v) is 9.06. The molecule has 0 unspecified atom stereocenters. The fourth-order valence-electron chi connectivity index (χ4n) is 2.60. The summed E-state index contributed by atoms with van der Waals surface area (Å²) in [6.07, 6.45) is 3.68. The van der Waals surface area contributed by atoms with Crippen LogP contribution in [0.3, 0.4) is 0 Å². The fraction of sp³-hybridized carbons (Fsp3) is 0.353. The number of benzene rings is 1. The summed E-state index contributed by atoms with van der Waals surface area (Å²) in [5.74, 6) is -0.137. The van der Waals surface area contributed by atoms with Crippen molar-refractivity contribution < 1.29 is 13.2 Å². The molecule has 0 spiro atoms. The third-order valence-electron chi connectivity index (χ3n) is 4.17. The van der Waals surface area contributed by atoms with Gasteiger partial charge >= 0.3 is 0 Å². The molecule has 0 N–H and O–H groups in total. The molecule has 0 amide bonds. The van der Waals surface area contributed by atoms with Crippen LogP contribution in [0.4, 0.5) is 0 Å². The Kier molecular flexibility index (Phi) is 4.12. The molecule has 0 radical (unpaired) electrons. The quantitative estimate of drug-likeness (QED) is 0.764. The van der Waals surface area contributed by atoms with Crippen LogP contribution in [0.25, 0.3) is 0 Å². The molecule has 1 aliphatic carbocycles. The first-order chi connectivity index (χ1) is 10.9. The van der Waals surface area contributed by atoms with Gasteiger partial charge < -0.3 is 4.57 Å². The van der Waals surface area contributed by atoms with Gasteiger partial charge in [-0.2, -0.15) is 4.31 Å². The second kappa shape index (κ2) is 5.94. The van der Waals surface area contributed by atoms with Gasteiger partial charge in [0.15, 0.2) is 5.78 Å². The van der Waals surface area contributed by atoms with Crippen molar-refractivity contribution in [3.8, 4) is 0 Å². The second-order valence-corrected chi connectivity index (χ2v) is 7.87. The number of carbonyl (C=O) groups excluding carboxylic acids is 1. The van der Waals surface area contributed by atoms with Gasteiger partial charge in [-0.1, -0.05) is 12.1 Å². The summed E-state index contributed by atoms with van der Waals surface area (Å²) in [6, 6.07) is 10.2. The van der Waals surface area contributed by atoms with Gasteiger partial charge in [-0.3, -0.25) is 4.79 Å². The van der Waals surface area contributed by atoms with E-state index in [1.807, 2.05) is 29.9 Å². The molecule has 1 aliphatic rings. The predicted octanol–water partition coefficient (Wildman–Crippen LogP) is 2.58. The molecule has 1 fully saturated rings. The third-order valence-corrected chi connectivity index (χ3v) is 6.06. The first-order valence-electron chi connectivity index (χ1n) is 7.62. The molecule has 122 valence electrons. The van der Waals surface area contributed by atoms with Crippen LogP contribution in [0.5, 0.6) is 0 Å². The van der Waals surface area contributed by atoms with E-state index in [-0.39, 0.29) is 16.7 Å². The predicted molar refractivity (Wildman–Crippen MR) is 87.6 cm³/mol. The molecule has 6 heteroatoms. The lowest BCUT2D eigenvalue weighted by molar-refractivity contribution is 0.101. The summed E-state index contributed by atoms with van der Waals surface area (Å²) in [5, 5.41) is 0. The average Bonchev–Trinajstić information content (AvgIpc) is 3.27. The number of sulfonamides is 1. The zero-order chi connectivity index (χ0) is 16.6. The van der Waals surface area contributed by atoms with E-state index in [1.54, 1.807) is 22.5 Å². The first kappa shape index (κ1) is 16.0. The molecule has 0 bridgehead atoms. The summed E-state index contributed by atoms with van der Waals surface area (Å²) in [4.78, 5) is 11.7. The Balaban J connectivity index is 1.96. The van der Waals surface area contributed by atoms with Crippen molar-refractivity contribution in [2.75, 3.05) is 0 Å². The zero-order valence-electron chi connectivity index (χ0n) is 13.3. The topological polar surface area (TPSA) is 59.4 Å². The van der Waals surface area contributed by atoms with E-state index in [4.69, 9.17) is 0 Å². The molecule has 3 rings (SSSR count). The molecule has 1 aromatic heterocycles. The van der Waals surface area contributed by atoms with Crippen molar-refractivity contribution in [1.82, 2.24) is 8.87 Å². The Bertz CT molecular complexity index is 835. The third kappa shape index (κ3) is 3.23. The molecule has 23 heavy (non-hydrogen) atoms. The monoisotopic (exact) mass is 332 g/mol. The number of rotatable bonds is 6. The molecule has 1 saturated carbocycles. The Morgan fingerprint density at radius 2 is 2.00 bits per heavy atom. The summed E-state index contributed by atoms with van der Waals surface area (Å²) in [5.41, 5.74) is 1.36.